The van der Waals surface area contributed by atoms with Gasteiger partial charge in [0.1, 0.15) is 5.03 Å². The lowest BCUT2D eigenvalue weighted by Gasteiger charge is -2.07. The Balaban J connectivity index is 1.53. The van der Waals surface area contributed by atoms with E-state index < -0.39 is 0 Å². The lowest BCUT2D eigenvalue weighted by atomic mass is 10.2. The van der Waals surface area contributed by atoms with Gasteiger partial charge in [-0.3, -0.25) is 4.79 Å². The highest BCUT2D eigenvalue weighted by Crippen LogP contribution is 2.16. The van der Waals surface area contributed by atoms with Crippen molar-refractivity contribution >= 4 is 23.3 Å². The maximum absolute atomic E-state index is 12.2. The highest BCUT2D eigenvalue weighted by molar-refractivity contribution is 7.98. The van der Waals surface area contributed by atoms with Gasteiger partial charge in [0.05, 0.1) is 11.3 Å². The summed E-state index contributed by atoms with van der Waals surface area (Å²) in [6, 6.07) is 5.52. The number of aromatic nitrogens is 4. The fraction of sp³-hybridized carbons (Fsp3) is 0.294. The molecule has 3 aromatic rings. The number of aryl methyl sites for hydroxylation is 2. The summed E-state index contributed by atoms with van der Waals surface area (Å²) < 4.78 is 1.80. The van der Waals surface area contributed by atoms with Crippen molar-refractivity contribution in [1.29, 1.82) is 0 Å². The van der Waals surface area contributed by atoms with Gasteiger partial charge in [0, 0.05) is 31.2 Å². The number of fused-ring (bicyclic) bond motifs is 1. The van der Waals surface area contributed by atoms with E-state index in [0.717, 1.165) is 34.8 Å². The van der Waals surface area contributed by atoms with Crippen LogP contribution in [0.3, 0.4) is 0 Å². The first-order chi connectivity index (χ1) is 11.7. The van der Waals surface area contributed by atoms with Crippen LogP contribution in [0.25, 0.3) is 5.65 Å². The second-order valence-corrected chi connectivity index (χ2v) is 6.27. The van der Waals surface area contributed by atoms with Crippen LogP contribution in [-0.2, 0) is 6.42 Å². The second kappa shape index (κ2) is 7.44. The van der Waals surface area contributed by atoms with Crippen LogP contribution < -0.4 is 5.32 Å². The number of carbonyl (C=O) groups is 1. The van der Waals surface area contributed by atoms with Gasteiger partial charge < -0.3 is 5.32 Å². The molecule has 0 aliphatic heterocycles. The highest BCUT2D eigenvalue weighted by Gasteiger charge is 2.10. The number of hydrogen-bond donors (Lipinski definition) is 1. The largest absolute Gasteiger partial charge is 0.352 e. The van der Waals surface area contributed by atoms with Crippen LogP contribution in [0.15, 0.2) is 41.8 Å². The quantitative estimate of drug-likeness (QED) is 0.551. The summed E-state index contributed by atoms with van der Waals surface area (Å²) in [6.07, 6.45) is 9.15. The van der Waals surface area contributed by atoms with Crippen molar-refractivity contribution in [2.24, 2.45) is 0 Å². The summed E-state index contributed by atoms with van der Waals surface area (Å²) in [7, 11) is 0. The maximum atomic E-state index is 12.2. The minimum absolute atomic E-state index is 0.0799. The van der Waals surface area contributed by atoms with Crippen LogP contribution in [0.5, 0.6) is 0 Å². The Kier molecular flexibility index (Phi) is 5.10. The van der Waals surface area contributed by atoms with E-state index >= 15 is 0 Å². The zero-order chi connectivity index (χ0) is 16.9. The Hall–Kier alpha value is -2.41. The van der Waals surface area contributed by atoms with Crippen LogP contribution in [-0.4, -0.2) is 38.3 Å². The molecule has 1 N–H and O–H groups in total. The average molecular weight is 341 g/mol. The predicted octanol–water partition coefficient (Wildman–Crippen LogP) is 2.52. The molecule has 0 bridgehead atoms. The Morgan fingerprint density at radius 3 is 3.08 bits per heavy atom. The van der Waals surface area contributed by atoms with Gasteiger partial charge in [0.25, 0.3) is 5.91 Å². The number of thioether (sulfide) groups is 1. The Bertz CT molecular complexity index is 861. The average Bonchev–Trinajstić information content (AvgIpc) is 2.97. The van der Waals surface area contributed by atoms with Gasteiger partial charge in [0.15, 0.2) is 5.65 Å². The number of nitrogens with one attached hydrogen (secondary N) is 1. The molecule has 0 radical (unpaired) electrons. The highest BCUT2D eigenvalue weighted by atomic mass is 32.2. The second-order valence-electron chi connectivity index (χ2n) is 5.47. The summed E-state index contributed by atoms with van der Waals surface area (Å²) in [6.45, 7) is 2.56. The summed E-state index contributed by atoms with van der Waals surface area (Å²) in [5.41, 5.74) is 3.53. The molecule has 0 atom stereocenters. The van der Waals surface area contributed by atoms with Gasteiger partial charge in [-0.05, 0) is 43.7 Å². The molecule has 0 aliphatic rings. The van der Waals surface area contributed by atoms with Crippen LogP contribution in [0.1, 0.15) is 28.0 Å². The first kappa shape index (κ1) is 16.4. The molecule has 0 aromatic carbocycles. The normalized spacial score (nSPS) is 10.9. The van der Waals surface area contributed by atoms with Gasteiger partial charge in [-0.1, -0.05) is 0 Å². The van der Waals surface area contributed by atoms with E-state index in [1.165, 1.54) is 11.8 Å². The zero-order valence-corrected chi connectivity index (χ0v) is 14.5. The van der Waals surface area contributed by atoms with E-state index in [2.05, 4.69) is 20.4 Å². The Morgan fingerprint density at radius 1 is 1.38 bits per heavy atom. The molecule has 3 heterocycles. The molecule has 24 heavy (non-hydrogen) atoms. The number of pyridine rings is 1. The third-order valence-electron chi connectivity index (χ3n) is 3.63. The smallest absolute Gasteiger partial charge is 0.254 e. The van der Waals surface area contributed by atoms with Crippen molar-refractivity contribution in [3.63, 3.8) is 0 Å². The van der Waals surface area contributed by atoms with Gasteiger partial charge in [-0.2, -0.15) is 5.10 Å². The molecule has 0 fully saturated rings. The number of rotatable bonds is 6. The molecular weight excluding hydrogens is 322 g/mol. The van der Waals surface area contributed by atoms with E-state index in [1.807, 2.05) is 31.6 Å². The summed E-state index contributed by atoms with van der Waals surface area (Å²) >= 11 is 1.47. The van der Waals surface area contributed by atoms with Crippen molar-refractivity contribution in [1.82, 2.24) is 24.9 Å². The van der Waals surface area contributed by atoms with E-state index in [9.17, 15) is 4.79 Å². The van der Waals surface area contributed by atoms with Crippen molar-refractivity contribution in [2.45, 2.75) is 24.8 Å². The van der Waals surface area contributed by atoms with E-state index in [-0.39, 0.29) is 5.91 Å². The molecule has 3 rings (SSSR count). The van der Waals surface area contributed by atoms with E-state index in [4.69, 9.17) is 0 Å². The zero-order valence-electron chi connectivity index (χ0n) is 13.7. The molecule has 0 spiro atoms. The van der Waals surface area contributed by atoms with Crippen LogP contribution >= 0.6 is 11.8 Å². The Morgan fingerprint density at radius 2 is 2.25 bits per heavy atom. The van der Waals surface area contributed by atoms with Gasteiger partial charge in [0.2, 0.25) is 0 Å². The molecular formula is C17H19N5OS. The van der Waals surface area contributed by atoms with Crippen molar-refractivity contribution in [2.75, 3.05) is 12.8 Å². The monoisotopic (exact) mass is 341 g/mol. The molecule has 0 saturated heterocycles. The molecule has 6 nitrogen and oxygen atoms in total. The van der Waals surface area contributed by atoms with Gasteiger partial charge >= 0.3 is 0 Å². The number of nitrogens with zero attached hydrogens (tertiary/aromatic N) is 4. The number of hydrogen-bond acceptors (Lipinski definition) is 5. The Labute approximate surface area is 144 Å². The predicted molar refractivity (Wildman–Crippen MR) is 94.4 cm³/mol. The van der Waals surface area contributed by atoms with Gasteiger partial charge in [-0.15, -0.1) is 11.8 Å². The maximum Gasteiger partial charge on any atom is 0.254 e. The lowest BCUT2D eigenvalue weighted by molar-refractivity contribution is 0.0949. The standard InChI is InChI=1S/C17H19N5OS/c1-12-9-15-20-10-13(11-22(15)21-12)5-3-7-18-16(23)14-6-4-8-19-17(14)24-2/h4,6,8-11H,3,5,7H2,1-2H3,(H,18,23). The molecule has 1 amide bonds. The topological polar surface area (TPSA) is 72.2 Å². The van der Waals surface area contributed by atoms with Crippen LogP contribution in [0.4, 0.5) is 0 Å². The molecule has 0 aliphatic carbocycles. The first-order valence-electron chi connectivity index (χ1n) is 7.75. The third-order valence-corrected chi connectivity index (χ3v) is 4.34. The van der Waals surface area contributed by atoms with E-state index in [0.29, 0.717) is 12.1 Å². The SMILES string of the molecule is CSc1ncccc1C(=O)NCCCc1cnc2cc(C)nn2c1. The summed E-state index contributed by atoms with van der Waals surface area (Å²) in [5, 5.41) is 8.06. The molecule has 3 aromatic heterocycles. The fourth-order valence-electron chi connectivity index (χ4n) is 2.48. The van der Waals surface area contributed by atoms with Gasteiger partial charge in [-0.25, -0.2) is 14.5 Å². The molecule has 0 unspecified atom stereocenters. The molecule has 124 valence electrons. The first-order valence-corrected chi connectivity index (χ1v) is 8.98. The van der Waals surface area contributed by atoms with Crippen molar-refractivity contribution in [3.05, 3.63) is 53.6 Å². The minimum Gasteiger partial charge on any atom is -0.352 e. The molecule has 0 saturated carbocycles. The lowest BCUT2D eigenvalue weighted by Crippen LogP contribution is -2.25. The summed E-state index contributed by atoms with van der Waals surface area (Å²) in [4.78, 5) is 20.8. The van der Waals surface area contributed by atoms with Crippen LogP contribution in [0.2, 0.25) is 0 Å². The minimum atomic E-state index is -0.0799. The number of carbonyl (C=O) groups excluding carboxylic acids is 1. The fourth-order valence-corrected chi connectivity index (χ4v) is 3.03. The number of amides is 1. The van der Waals surface area contributed by atoms with Crippen LogP contribution in [0, 0.1) is 6.92 Å². The van der Waals surface area contributed by atoms with Crippen molar-refractivity contribution in [3.8, 4) is 0 Å². The van der Waals surface area contributed by atoms with Crippen molar-refractivity contribution < 1.29 is 4.79 Å². The third kappa shape index (κ3) is 3.73. The van der Waals surface area contributed by atoms with E-state index in [1.54, 1.807) is 22.8 Å². The summed E-state index contributed by atoms with van der Waals surface area (Å²) in [5.74, 6) is -0.0799. The molecule has 7 heteroatoms.